The van der Waals surface area contributed by atoms with Crippen LogP contribution in [0.15, 0.2) is 91.3 Å². The molecular formula is C51H62N8O4. The Kier molecular flexibility index (Phi) is 12.5. The zero-order valence-corrected chi connectivity index (χ0v) is 36.9. The van der Waals surface area contributed by atoms with Crippen molar-refractivity contribution in [2.75, 3.05) is 13.1 Å². The van der Waals surface area contributed by atoms with E-state index in [1.165, 1.54) is 12.8 Å². The van der Waals surface area contributed by atoms with E-state index in [1.807, 2.05) is 68.4 Å². The molecule has 3 amide bonds. The smallest absolute Gasteiger partial charge is 0.407 e. The van der Waals surface area contributed by atoms with E-state index in [9.17, 15) is 14.4 Å². The topological polar surface area (TPSA) is 148 Å². The molecule has 4 atom stereocenters. The van der Waals surface area contributed by atoms with Gasteiger partial charge in [0.15, 0.2) is 0 Å². The molecule has 1 saturated carbocycles. The molecule has 0 bridgehead atoms. The Morgan fingerprint density at radius 1 is 0.698 bits per heavy atom. The lowest BCUT2D eigenvalue weighted by Crippen LogP contribution is -2.51. The van der Waals surface area contributed by atoms with Crippen molar-refractivity contribution in [3.05, 3.63) is 108 Å². The fourth-order valence-corrected chi connectivity index (χ4v) is 10.4. The number of amides is 3. The molecule has 4 fully saturated rings. The number of likely N-dealkylation sites (tertiary alicyclic amines) is 2. The molecule has 3 saturated heterocycles. The van der Waals surface area contributed by atoms with Crippen LogP contribution in [0.2, 0.25) is 0 Å². The summed E-state index contributed by atoms with van der Waals surface area (Å²) in [6.45, 7) is 7.32. The summed E-state index contributed by atoms with van der Waals surface area (Å²) < 4.78 is 5.43. The normalized spacial score (nSPS) is 24.0. The van der Waals surface area contributed by atoms with E-state index in [1.54, 1.807) is 0 Å². The zero-order chi connectivity index (χ0) is 43.5. The third-order valence-corrected chi connectivity index (χ3v) is 13.6. The highest BCUT2D eigenvalue weighted by atomic mass is 16.6. The summed E-state index contributed by atoms with van der Waals surface area (Å²) in [5.41, 5.74) is 6.68. The Balaban J connectivity index is 0.819. The second-order valence-electron chi connectivity index (χ2n) is 19.1. The van der Waals surface area contributed by atoms with Crippen molar-refractivity contribution in [1.82, 2.24) is 40.4 Å². The number of aromatic amines is 2. The molecule has 3 aromatic carbocycles. The first kappa shape index (κ1) is 42.5. The summed E-state index contributed by atoms with van der Waals surface area (Å²) in [5.74, 6) is 2.00. The van der Waals surface area contributed by atoms with Gasteiger partial charge in [-0.25, -0.2) is 14.8 Å². The van der Waals surface area contributed by atoms with E-state index in [-0.39, 0.29) is 41.9 Å². The molecule has 4 aliphatic rings. The number of hydrogen-bond acceptors (Lipinski definition) is 7. The molecule has 330 valence electrons. The monoisotopic (exact) mass is 850 g/mol. The number of benzene rings is 3. The highest BCUT2D eigenvalue weighted by Crippen LogP contribution is 2.40. The summed E-state index contributed by atoms with van der Waals surface area (Å²) in [6, 6.07) is 27.5. The predicted molar refractivity (Wildman–Crippen MR) is 244 cm³/mol. The van der Waals surface area contributed by atoms with E-state index >= 15 is 0 Å². The van der Waals surface area contributed by atoms with Gasteiger partial charge in [0.05, 0.1) is 42.3 Å². The van der Waals surface area contributed by atoms with Crippen LogP contribution in [0.3, 0.4) is 0 Å². The second kappa shape index (κ2) is 18.5. The number of carbonyl (C=O) groups excluding carboxylic acids is 3. The Bertz CT molecular complexity index is 2340. The maximum absolute atomic E-state index is 14.0. The van der Waals surface area contributed by atoms with Crippen LogP contribution in [0.5, 0.6) is 0 Å². The average Bonchev–Trinajstić information content (AvgIpc) is 4.14. The van der Waals surface area contributed by atoms with Gasteiger partial charge in [-0.3, -0.25) is 9.59 Å². The Labute approximate surface area is 371 Å². The molecule has 0 radical (unpaired) electrons. The number of imidazole rings is 2. The van der Waals surface area contributed by atoms with Crippen LogP contribution >= 0.6 is 0 Å². The summed E-state index contributed by atoms with van der Waals surface area (Å²) in [5, 5.41) is 6.71. The van der Waals surface area contributed by atoms with Crippen LogP contribution in [0, 0.1) is 5.92 Å². The fourth-order valence-electron chi connectivity index (χ4n) is 10.4. The lowest BCUT2D eigenvalue weighted by Gasteiger charge is -2.37. The van der Waals surface area contributed by atoms with Crippen molar-refractivity contribution in [3.63, 3.8) is 0 Å². The van der Waals surface area contributed by atoms with Crippen molar-refractivity contribution in [2.24, 2.45) is 5.92 Å². The van der Waals surface area contributed by atoms with Crippen molar-refractivity contribution < 1.29 is 19.1 Å². The van der Waals surface area contributed by atoms with Gasteiger partial charge < -0.3 is 35.1 Å². The van der Waals surface area contributed by atoms with Crippen LogP contribution in [0.25, 0.3) is 33.6 Å². The molecular weight excluding hydrogens is 789 g/mol. The molecule has 0 spiro atoms. The van der Waals surface area contributed by atoms with E-state index in [0.29, 0.717) is 12.5 Å². The number of piperidine rings is 1. The van der Waals surface area contributed by atoms with Gasteiger partial charge >= 0.3 is 6.09 Å². The molecule has 5 aromatic rings. The van der Waals surface area contributed by atoms with Gasteiger partial charge in [-0.1, -0.05) is 85.3 Å². The third-order valence-electron chi connectivity index (χ3n) is 13.6. The van der Waals surface area contributed by atoms with Crippen LogP contribution in [-0.2, 0) is 20.7 Å². The first-order valence-corrected chi connectivity index (χ1v) is 23.3. The van der Waals surface area contributed by atoms with Gasteiger partial charge in [0, 0.05) is 30.6 Å². The number of rotatable bonds is 10. The quantitative estimate of drug-likeness (QED) is 0.110. The highest BCUT2D eigenvalue weighted by Gasteiger charge is 2.43. The molecule has 4 N–H and O–H groups in total. The molecule has 2 aromatic heterocycles. The maximum atomic E-state index is 14.0. The van der Waals surface area contributed by atoms with Gasteiger partial charge in [-0.05, 0) is 119 Å². The predicted octanol–water partition coefficient (Wildman–Crippen LogP) is 9.30. The summed E-state index contributed by atoms with van der Waals surface area (Å²) in [4.78, 5) is 61.1. The van der Waals surface area contributed by atoms with Crippen molar-refractivity contribution in [1.29, 1.82) is 0 Å². The summed E-state index contributed by atoms with van der Waals surface area (Å²) in [7, 11) is 0. The minimum atomic E-state index is -0.538. The lowest BCUT2D eigenvalue weighted by molar-refractivity contribution is -0.138. The van der Waals surface area contributed by atoms with Gasteiger partial charge in [0.2, 0.25) is 11.8 Å². The SMILES string of the molecule is CC(C)(C)OC(=O)N[C@H]1CC[C@@H](C(=O)N2CCC[C@H]2c2ncc(-c3ccc(-c4ccc(-c5cnc([C@@H]6CCC(C7CCCCN7)N6C(=O)Cc6ccccc6)[nH]5)cc4)cc3)[nH]2)CC1. The number of ether oxygens (including phenoxy) is 1. The molecule has 9 rings (SSSR count). The van der Waals surface area contributed by atoms with Crippen LogP contribution < -0.4 is 10.6 Å². The Hall–Kier alpha value is -5.75. The summed E-state index contributed by atoms with van der Waals surface area (Å²) in [6.07, 6.45) is 14.0. The molecule has 12 heteroatoms. The molecule has 1 aliphatic carbocycles. The number of H-pyrrole nitrogens is 2. The number of aromatic nitrogens is 4. The number of nitrogens with zero attached hydrogens (tertiary/aromatic N) is 4. The maximum Gasteiger partial charge on any atom is 0.407 e. The van der Waals surface area contributed by atoms with Gasteiger partial charge in [-0.2, -0.15) is 0 Å². The van der Waals surface area contributed by atoms with Crippen LogP contribution in [0.1, 0.15) is 121 Å². The van der Waals surface area contributed by atoms with Crippen molar-refractivity contribution in [2.45, 2.75) is 134 Å². The minimum Gasteiger partial charge on any atom is -0.444 e. The average molecular weight is 851 g/mol. The van der Waals surface area contributed by atoms with E-state index in [0.717, 1.165) is 122 Å². The number of alkyl carbamates (subject to hydrolysis) is 1. The Morgan fingerprint density at radius 2 is 1.32 bits per heavy atom. The number of hydrogen-bond donors (Lipinski definition) is 4. The fraction of sp³-hybridized carbons (Fsp3) is 0.471. The second-order valence-corrected chi connectivity index (χ2v) is 19.1. The Morgan fingerprint density at radius 3 is 1.92 bits per heavy atom. The van der Waals surface area contributed by atoms with E-state index in [2.05, 4.69) is 74.0 Å². The summed E-state index contributed by atoms with van der Waals surface area (Å²) >= 11 is 0. The molecule has 63 heavy (non-hydrogen) atoms. The molecule has 5 heterocycles. The largest absolute Gasteiger partial charge is 0.444 e. The van der Waals surface area contributed by atoms with Crippen molar-refractivity contribution in [3.8, 4) is 33.6 Å². The molecule has 2 unspecified atom stereocenters. The van der Waals surface area contributed by atoms with Crippen molar-refractivity contribution >= 4 is 17.9 Å². The van der Waals surface area contributed by atoms with Gasteiger partial charge in [0.25, 0.3) is 0 Å². The van der Waals surface area contributed by atoms with Gasteiger partial charge in [0.1, 0.15) is 17.2 Å². The first-order valence-electron chi connectivity index (χ1n) is 23.3. The van der Waals surface area contributed by atoms with Crippen LogP contribution in [0.4, 0.5) is 4.79 Å². The minimum absolute atomic E-state index is 0.0312. The lowest BCUT2D eigenvalue weighted by atomic mass is 9.85. The standard InChI is InChI=1S/C51H62N8O4/c1-51(2,3)63-50(62)55-39-24-22-38(23-25-39)49(61)58-29-9-13-44(58)47-53-31-41(56-47)36-18-14-34(15-19-36)35-16-20-37(21-17-35)42-32-54-48(57-42)45-27-26-43(40-12-7-8-28-52-40)59(45)46(60)30-33-10-5-4-6-11-33/h4-6,10-11,14-21,31-32,38-40,43-45,52H,7-9,12-13,22-30H2,1-3H3,(H,53,56)(H,54,57)(H,55,62)/t38-,39+,40?,43?,44-,45-/m0/s1. The molecule has 3 aliphatic heterocycles. The zero-order valence-electron chi connectivity index (χ0n) is 36.9. The van der Waals surface area contributed by atoms with E-state index in [4.69, 9.17) is 14.7 Å². The van der Waals surface area contributed by atoms with Crippen LogP contribution in [-0.4, -0.2) is 84.5 Å². The third kappa shape index (κ3) is 9.76. The number of carbonyl (C=O) groups is 3. The van der Waals surface area contributed by atoms with E-state index < -0.39 is 11.7 Å². The number of nitrogens with one attached hydrogen (secondary N) is 4. The van der Waals surface area contributed by atoms with Gasteiger partial charge in [-0.15, -0.1) is 0 Å². The first-order chi connectivity index (χ1) is 30.6. The highest BCUT2D eigenvalue weighted by molar-refractivity contribution is 5.81. The molecule has 12 nitrogen and oxygen atoms in total.